The van der Waals surface area contributed by atoms with Gasteiger partial charge in [0.15, 0.2) is 11.5 Å². The van der Waals surface area contributed by atoms with E-state index in [9.17, 15) is 14.4 Å². The SMILES string of the molecule is COC(=O)c1cc(OC)cc2c1ccc(=O)n2CCN1CCC(N(Cc2ccc3c(c2)OCCO3)C(=O)OC(C)(C)C)CC1. The zero-order chi connectivity index (χ0) is 31.4. The van der Waals surface area contributed by atoms with Crippen LogP contribution in [0.3, 0.4) is 0 Å². The number of hydrogen-bond donors (Lipinski definition) is 0. The molecular formula is C33H41N3O8. The van der Waals surface area contributed by atoms with E-state index in [1.807, 2.05) is 43.9 Å². The lowest BCUT2D eigenvalue weighted by molar-refractivity contribution is 0.00561. The number of esters is 1. The van der Waals surface area contributed by atoms with Gasteiger partial charge in [-0.05, 0) is 63.4 Å². The van der Waals surface area contributed by atoms with Gasteiger partial charge in [-0.2, -0.15) is 0 Å². The van der Waals surface area contributed by atoms with E-state index in [0.29, 0.717) is 66.6 Å². The number of carbonyl (C=O) groups excluding carboxylic acids is 2. The number of benzene rings is 2. The van der Waals surface area contributed by atoms with Crippen LogP contribution in [0.25, 0.3) is 10.9 Å². The molecule has 11 nitrogen and oxygen atoms in total. The van der Waals surface area contributed by atoms with Crippen LogP contribution in [0.4, 0.5) is 4.79 Å². The van der Waals surface area contributed by atoms with Gasteiger partial charge in [-0.1, -0.05) is 6.07 Å². The largest absolute Gasteiger partial charge is 0.497 e. The van der Waals surface area contributed by atoms with Crippen molar-refractivity contribution < 1.29 is 33.3 Å². The Morgan fingerprint density at radius 2 is 1.68 bits per heavy atom. The number of amides is 1. The first kappa shape index (κ1) is 31.2. The fraction of sp³-hybridized carbons (Fsp3) is 0.485. The van der Waals surface area contributed by atoms with Gasteiger partial charge in [0.1, 0.15) is 24.6 Å². The Morgan fingerprint density at radius 3 is 2.36 bits per heavy atom. The van der Waals surface area contributed by atoms with Gasteiger partial charge in [0.2, 0.25) is 0 Å². The van der Waals surface area contributed by atoms with Gasteiger partial charge < -0.3 is 38.1 Å². The Morgan fingerprint density at radius 1 is 0.955 bits per heavy atom. The molecule has 1 amide bonds. The topological polar surface area (TPSA) is 109 Å². The molecule has 2 aliphatic heterocycles. The Hall–Kier alpha value is -4.25. The third kappa shape index (κ3) is 7.10. The second-order valence-corrected chi connectivity index (χ2v) is 12.1. The summed E-state index contributed by atoms with van der Waals surface area (Å²) in [5.41, 5.74) is 1.12. The van der Waals surface area contributed by atoms with E-state index < -0.39 is 11.6 Å². The molecule has 2 aromatic carbocycles. The Balaban J connectivity index is 1.29. The van der Waals surface area contributed by atoms with Crippen LogP contribution in [0, 0.1) is 0 Å². The van der Waals surface area contributed by atoms with Crippen LogP contribution in [-0.2, 0) is 22.6 Å². The molecule has 0 N–H and O–H groups in total. The number of pyridine rings is 1. The quantitative estimate of drug-likeness (QED) is 0.343. The summed E-state index contributed by atoms with van der Waals surface area (Å²) in [6.07, 6.45) is 1.17. The highest BCUT2D eigenvalue weighted by Gasteiger charge is 2.32. The number of methoxy groups -OCH3 is 2. The maximum Gasteiger partial charge on any atom is 0.410 e. The van der Waals surface area contributed by atoms with Crippen molar-refractivity contribution in [2.24, 2.45) is 0 Å². The molecule has 0 aliphatic carbocycles. The van der Waals surface area contributed by atoms with E-state index in [1.54, 1.807) is 22.8 Å². The maximum absolute atomic E-state index is 13.4. The molecule has 1 aromatic heterocycles. The number of likely N-dealkylation sites (tertiary alicyclic amines) is 1. The van der Waals surface area contributed by atoms with Crippen LogP contribution < -0.4 is 19.8 Å². The molecular weight excluding hydrogens is 566 g/mol. The molecule has 1 fully saturated rings. The Bertz CT molecular complexity index is 1570. The highest BCUT2D eigenvalue weighted by atomic mass is 16.6. The molecule has 0 atom stereocenters. The standard InChI is InChI=1S/C33H41N3O8/c1-33(2,3)44-32(39)36(21-22-6-8-28-29(18-22)43-17-16-42-28)23-10-12-34(13-11-23)14-15-35-27-20-24(40-4)19-26(31(38)41-5)25(27)7-9-30(35)37/h6-9,18-20,23H,10-17,21H2,1-5H3. The minimum atomic E-state index is -0.620. The van der Waals surface area contributed by atoms with Crippen molar-refractivity contribution in [2.75, 3.05) is 47.1 Å². The second-order valence-electron chi connectivity index (χ2n) is 12.1. The molecule has 0 radical (unpaired) electrons. The predicted octanol–water partition coefficient (Wildman–Crippen LogP) is 4.47. The molecule has 44 heavy (non-hydrogen) atoms. The number of piperidine rings is 1. The molecule has 1 saturated heterocycles. The lowest BCUT2D eigenvalue weighted by Gasteiger charge is -2.39. The van der Waals surface area contributed by atoms with E-state index in [4.69, 9.17) is 23.7 Å². The number of ether oxygens (including phenoxy) is 5. The van der Waals surface area contributed by atoms with E-state index in [2.05, 4.69) is 4.90 Å². The van der Waals surface area contributed by atoms with E-state index in [-0.39, 0.29) is 17.7 Å². The summed E-state index contributed by atoms with van der Waals surface area (Å²) in [7, 11) is 2.85. The average molecular weight is 608 g/mol. The van der Waals surface area contributed by atoms with Crippen LogP contribution in [0.5, 0.6) is 17.2 Å². The van der Waals surface area contributed by atoms with E-state index in [0.717, 1.165) is 31.5 Å². The zero-order valence-electron chi connectivity index (χ0n) is 26.1. The summed E-state index contributed by atoms with van der Waals surface area (Å²) in [4.78, 5) is 42.9. The molecule has 2 aliphatic rings. The first-order valence-corrected chi connectivity index (χ1v) is 15.0. The monoisotopic (exact) mass is 607 g/mol. The van der Waals surface area contributed by atoms with E-state index in [1.165, 1.54) is 20.3 Å². The Kier molecular flexibility index (Phi) is 9.33. The van der Waals surface area contributed by atoms with Crippen molar-refractivity contribution in [3.05, 3.63) is 63.9 Å². The van der Waals surface area contributed by atoms with Crippen LogP contribution in [0.2, 0.25) is 0 Å². The lowest BCUT2D eigenvalue weighted by atomic mass is 10.0. The number of fused-ring (bicyclic) bond motifs is 2. The van der Waals surface area contributed by atoms with Crippen molar-refractivity contribution in [3.63, 3.8) is 0 Å². The zero-order valence-corrected chi connectivity index (χ0v) is 26.1. The molecule has 3 aromatic rings. The molecule has 11 heteroatoms. The summed E-state index contributed by atoms with van der Waals surface area (Å²) in [6, 6.07) is 12.3. The van der Waals surface area contributed by atoms with E-state index >= 15 is 0 Å². The molecule has 5 rings (SSSR count). The van der Waals surface area contributed by atoms with Gasteiger partial charge in [-0.25, -0.2) is 9.59 Å². The highest BCUT2D eigenvalue weighted by molar-refractivity contribution is 6.04. The first-order valence-electron chi connectivity index (χ1n) is 15.0. The summed E-state index contributed by atoms with van der Waals surface area (Å²) in [6.45, 7) is 9.59. The van der Waals surface area contributed by atoms with Crippen molar-refractivity contribution >= 4 is 23.0 Å². The predicted molar refractivity (Wildman–Crippen MR) is 165 cm³/mol. The summed E-state index contributed by atoms with van der Waals surface area (Å²) >= 11 is 0. The smallest absolute Gasteiger partial charge is 0.410 e. The first-order chi connectivity index (χ1) is 21.1. The van der Waals surface area contributed by atoms with Gasteiger partial charge in [-0.15, -0.1) is 0 Å². The number of rotatable bonds is 8. The summed E-state index contributed by atoms with van der Waals surface area (Å²) < 4.78 is 29.3. The Labute approximate surface area is 257 Å². The molecule has 0 spiro atoms. The van der Waals surface area contributed by atoms with Crippen LogP contribution >= 0.6 is 0 Å². The van der Waals surface area contributed by atoms with Crippen molar-refractivity contribution in [2.45, 2.75) is 58.3 Å². The van der Waals surface area contributed by atoms with Crippen LogP contribution in [-0.4, -0.2) is 85.1 Å². The van der Waals surface area contributed by atoms with Gasteiger partial charge in [0.25, 0.3) is 5.56 Å². The summed E-state index contributed by atoms with van der Waals surface area (Å²) in [5.74, 6) is 1.38. The lowest BCUT2D eigenvalue weighted by Crippen LogP contribution is -2.49. The number of hydrogen-bond acceptors (Lipinski definition) is 9. The second kappa shape index (κ2) is 13.2. The third-order valence-corrected chi connectivity index (χ3v) is 7.95. The normalized spacial score (nSPS) is 15.6. The number of nitrogens with zero attached hydrogens (tertiary/aromatic N) is 3. The molecule has 236 valence electrons. The minimum absolute atomic E-state index is 0.0125. The molecule has 0 bridgehead atoms. The van der Waals surface area contributed by atoms with Crippen LogP contribution in [0.15, 0.2) is 47.3 Å². The van der Waals surface area contributed by atoms with Crippen LogP contribution in [0.1, 0.15) is 49.5 Å². The molecule has 3 heterocycles. The van der Waals surface area contributed by atoms with Gasteiger partial charge in [-0.3, -0.25) is 4.79 Å². The molecule has 0 saturated carbocycles. The fourth-order valence-electron chi connectivity index (χ4n) is 5.74. The maximum atomic E-state index is 13.4. The fourth-order valence-corrected chi connectivity index (χ4v) is 5.74. The number of aromatic nitrogens is 1. The van der Waals surface area contributed by atoms with Gasteiger partial charge >= 0.3 is 12.1 Å². The van der Waals surface area contributed by atoms with Crippen molar-refractivity contribution in [1.29, 1.82) is 0 Å². The average Bonchev–Trinajstić information content (AvgIpc) is 3.01. The van der Waals surface area contributed by atoms with Gasteiger partial charge in [0.05, 0.1) is 25.3 Å². The van der Waals surface area contributed by atoms with Gasteiger partial charge in [0, 0.05) is 56.3 Å². The summed E-state index contributed by atoms with van der Waals surface area (Å²) in [5, 5.41) is 0.628. The third-order valence-electron chi connectivity index (χ3n) is 7.95. The number of carbonyl (C=O) groups is 2. The molecule has 0 unspecified atom stereocenters. The van der Waals surface area contributed by atoms with Crippen molar-refractivity contribution in [3.8, 4) is 17.2 Å². The minimum Gasteiger partial charge on any atom is -0.497 e. The highest BCUT2D eigenvalue weighted by Crippen LogP contribution is 2.32. The van der Waals surface area contributed by atoms with Crippen molar-refractivity contribution in [1.82, 2.24) is 14.4 Å².